The van der Waals surface area contributed by atoms with Crippen molar-refractivity contribution in [3.63, 3.8) is 0 Å². The minimum atomic E-state index is 0.410. The minimum Gasteiger partial charge on any atom is -0.381 e. The Morgan fingerprint density at radius 2 is 2.00 bits per heavy atom. The fourth-order valence-electron chi connectivity index (χ4n) is 1.91. The molecule has 1 atom stereocenters. The summed E-state index contributed by atoms with van der Waals surface area (Å²) in [4.78, 5) is 0. The first kappa shape index (κ1) is 11.3. The number of hydrogen-bond acceptors (Lipinski definition) is 1. The summed E-state index contributed by atoms with van der Waals surface area (Å²) in [6.45, 7) is 4.13. The first-order chi connectivity index (χ1) is 6.33. The number of halogens is 1. The second kappa shape index (κ2) is 6.67. The molecule has 0 spiro atoms. The molecule has 0 aromatic rings. The van der Waals surface area contributed by atoms with E-state index in [9.17, 15) is 0 Å². The molecule has 13 heavy (non-hydrogen) atoms. The third-order valence-corrected chi connectivity index (χ3v) is 3.27. The molecular formula is C11H21ClO. The molecule has 0 N–H and O–H groups in total. The third kappa shape index (κ3) is 4.87. The Morgan fingerprint density at radius 1 is 1.31 bits per heavy atom. The van der Waals surface area contributed by atoms with Crippen LogP contribution in [0.25, 0.3) is 0 Å². The Labute approximate surface area is 86.8 Å². The van der Waals surface area contributed by atoms with Gasteiger partial charge in [0.15, 0.2) is 0 Å². The van der Waals surface area contributed by atoms with Crippen LogP contribution in [-0.2, 0) is 4.74 Å². The van der Waals surface area contributed by atoms with Gasteiger partial charge in [-0.3, -0.25) is 0 Å². The summed E-state index contributed by atoms with van der Waals surface area (Å²) in [7, 11) is 0. The molecule has 1 rings (SSSR count). The summed E-state index contributed by atoms with van der Waals surface area (Å²) in [6, 6.07) is 0. The molecule has 1 fully saturated rings. The van der Waals surface area contributed by atoms with Crippen LogP contribution in [0.3, 0.4) is 0 Å². The standard InChI is InChI=1S/C11H21ClO/c1-2-3-11(12)5-4-10-6-8-13-9-7-10/h10-11H,2-9H2,1H3. The highest BCUT2D eigenvalue weighted by Gasteiger charge is 2.14. The topological polar surface area (TPSA) is 9.23 Å². The molecule has 0 aliphatic carbocycles. The summed E-state index contributed by atoms with van der Waals surface area (Å²) < 4.78 is 5.32. The van der Waals surface area contributed by atoms with Crippen LogP contribution < -0.4 is 0 Å². The van der Waals surface area contributed by atoms with E-state index < -0.39 is 0 Å². The predicted molar refractivity (Wildman–Crippen MR) is 57.3 cm³/mol. The molecule has 1 aliphatic rings. The van der Waals surface area contributed by atoms with Gasteiger partial charge in [0.2, 0.25) is 0 Å². The van der Waals surface area contributed by atoms with E-state index in [1.807, 2.05) is 0 Å². The molecule has 2 heteroatoms. The fraction of sp³-hybridized carbons (Fsp3) is 1.00. The zero-order valence-corrected chi connectivity index (χ0v) is 9.35. The van der Waals surface area contributed by atoms with Crippen molar-refractivity contribution in [3.8, 4) is 0 Å². The van der Waals surface area contributed by atoms with Crippen molar-refractivity contribution in [2.45, 2.75) is 50.8 Å². The number of ether oxygens (including phenoxy) is 1. The van der Waals surface area contributed by atoms with Gasteiger partial charge in [-0.25, -0.2) is 0 Å². The summed E-state index contributed by atoms with van der Waals surface area (Å²) in [6.07, 6.45) is 7.37. The molecular weight excluding hydrogens is 184 g/mol. The van der Waals surface area contributed by atoms with E-state index in [0.29, 0.717) is 5.38 Å². The van der Waals surface area contributed by atoms with Gasteiger partial charge >= 0.3 is 0 Å². The summed E-state index contributed by atoms with van der Waals surface area (Å²) in [5.41, 5.74) is 0. The molecule has 0 aromatic carbocycles. The fourth-order valence-corrected chi connectivity index (χ4v) is 2.25. The van der Waals surface area contributed by atoms with Crippen LogP contribution in [0.5, 0.6) is 0 Å². The zero-order chi connectivity index (χ0) is 9.52. The number of alkyl halides is 1. The monoisotopic (exact) mass is 204 g/mol. The summed E-state index contributed by atoms with van der Waals surface area (Å²) in [5, 5.41) is 0.410. The molecule has 0 amide bonds. The van der Waals surface area contributed by atoms with Gasteiger partial charge in [-0.1, -0.05) is 13.3 Å². The van der Waals surface area contributed by atoms with E-state index in [-0.39, 0.29) is 0 Å². The van der Waals surface area contributed by atoms with Crippen LogP contribution in [0.2, 0.25) is 0 Å². The Kier molecular flexibility index (Phi) is 5.81. The minimum absolute atomic E-state index is 0.410. The molecule has 0 aromatic heterocycles. The van der Waals surface area contributed by atoms with Crippen LogP contribution in [0.15, 0.2) is 0 Å². The van der Waals surface area contributed by atoms with Crippen LogP contribution in [0, 0.1) is 5.92 Å². The molecule has 1 heterocycles. The van der Waals surface area contributed by atoms with E-state index in [1.165, 1.54) is 38.5 Å². The number of rotatable bonds is 5. The van der Waals surface area contributed by atoms with Crippen LogP contribution in [0.4, 0.5) is 0 Å². The highest BCUT2D eigenvalue weighted by molar-refractivity contribution is 6.20. The van der Waals surface area contributed by atoms with Gasteiger partial charge in [0.1, 0.15) is 0 Å². The van der Waals surface area contributed by atoms with E-state index in [0.717, 1.165) is 19.1 Å². The van der Waals surface area contributed by atoms with Crippen molar-refractivity contribution in [2.75, 3.05) is 13.2 Å². The van der Waals surface area contributed by atoms with Crippen LogP contribution in [-0.4, -0.2) is 18.6 Å². The average molecular weight is 205 g/mol. The van der Waals surface area contributed by atoms with Gasteiger partial charge < -0.3 is 4.74 Å². The van der Waals surface area contributed by atoms with E-state index >= 15 is 0 Å². The van der Waals surface area contributed by atoms with E-state index in [1.54, 1.807) is 0 Å². The third-order valence-electron chi connectivity index (χ3n) is 2.83. The second-order valence-corrected chi connectivity index (χ2v) is 4.64. The first-order valence-electron chi connectivity index (χ1n) is 5.54. The summed E-state index contributed by atoms with van der Waals surface area (Å²) >= 11 is 6.17. The molecule has 0 saturated carbocycles. The first-order valence-corrected chi connectivity index (χ1v) is 5.98. The second-order valence-electron chi connectivity index (χ2n) is 4.02. The molecule has 1 aliphatic heterocycles. The normalized spacial score (nSPS) is 21.7. The van der Waals surface area contributed by atoms with Crippen molar-refractivity contribution in [1.29, 1.82) is 0 Å². The van der Waals surface area contributed by atoms with Crippen molar-refractivity contribution in [2.24, 2.45) is 5.92 Å². The maximum absolute atomic E-state index is 6.17. The SMILES string of the molecule is CCCC(Cl)CCC1CCOCC1. The smallest absolute Gasteiger partial charge is 0.0468 e. The zero-order valence-electron chi connectivity index (χ0n) is 8.60. The molecule has 1 nitrogen and oxygen atoms in total. The quantitative estimate of drug-likeness (QED) is 0.622. The Hall–Kier alpha value is 0.250. The highest BCUT2D eigenvalue weighted by Crippen LogP contribution is 2.23. The van der Waals surface area contributed by atoms with Gasteiger partial charge in [0.05, 0.1) is 0 Å². The van der Waals surface area contributed by atoms with Crippen molar-refractivity contribution < 1.29 is 4.74 Å². The van der Waals surface area contributed by atoms with E-state index in [4.69, 9.17) is 16.3 Å². The predicted octanol–water partition coefficient (Wildman–Crippen LogP) is 3.60. The van der Waals surface area contributed by atoms with Gasteiger partial charge in [-0.05, 0) is 38.0 Å². The number of hydrogen-bond donors (Lipinski definition) is 0. The maximum atomic E-state index is 6.17. The molecule has 78 valence electrons. The Bertz CT molecular complexity index is 121. The molecule has 1 unspecified atom stereocenters. The summed E-state index contributed by atoms with van der Waals surface area (Å²) in [5.74, 6) is 0.881. The van der Waals surface area contributed by atoms with Crippen molar-refractivity contribution >= 4 is 11.6 Å². The molecule has 0 bridgehead atoms. The lowest BCUT2D eigenvalue weighted by molar-refractivity contribution is 0.0632. The molecule has 0 radical (unpaired) electrons. The van der Waals surface area contributed by atoms with Crippen molar-refractivity contribution in [1.82, 2.24) is 0 Å². The average Bonchev–Trinajstić information content (AvgIpc) is 2.17. The highest BCUT2D eigenvalue weighted by atomic mass is 35.5. The van der Waals surface area contributed by atoms with Gasteiger partial charge in [0.25, 0.3) is 0 Å². The lowest BCUT2D eigenvalue weighted by atomic mass is 9.93. The van der Waals surface area contributed by atoms with Crippen LogP contribution in [0.1, 0.15) is 45.4 Å². The van der Waals surface area contributed by atoms with Crippen molar-refractivity contribution in [3.05, 3.63) is 0 Å². The maximum Gasteiger partial charge on any atom is 0.0468 e. The van der Waals surface area contributed by atoms with Gasteiger partial charge in [-0.15, -0.1) is 11.6 Å². The van der Waals surface area contributed by atoms with Gasteiger partial charge in [-0.2, -0.15) is 0 Å². The van der Waals surface area contributed by atoms with Gasteiger partial charge in [0, 0.05) is 18.6 Å². The Morgan fingerprint density at radius 3 is 2.62 bits per heavy atom. The lowest BCUT2D eigenvalue weighted by Crippen LogP contribution is -2.16. The van der Waals surface area contributed by atoms with Crippen LogP contribution >= 0.6 is 11.6 Å². The Balaban J connectivity index is 2.03. The largest absolute Gasteiger partial charge is 0.381 e. The van der Waals surface area contributed by atoms with E-state index in [2.05, 4.69) is 6.92 Å². The lowest BCUT2D eigenvalue weighted by Gasteiger charge is -2.22. The molecule has 1 saturated heterocycles.